The molecular formula is C76H88N6O4. The molecule has 0 saturated heterocycles. The van der Waals surface area contributed by atoms with Crippen molar-refractivity contribution in [2.24, 2.45) is 21.7 Å². The molecule has 86 heavy (non-hydrogen) atoms. The van der Waals surface area contributed by atoms with Crippen LogP contribution in [0.1, 0.15) is 154 Å². The number of aromatic nitrogens is 4. The minimum absolute atomic E-state index is 0.0478. The van der Waals surface area contributed by atoms with E-state index in [2.05, 4.69) is 224 Å². The van der Waals surface area contributed by atoms with Crippen molar-refractivity contribution in [3.63, 3.8) is 0 Å². The minimum atomic E-state index is 0.0478. The lowest BCUT2D eigenvalue weighted by molar-refractivity contribution is 0.235. The zero-order valence-corrected chi connectivity index (χ0v) is 53.8. The van der Waals surface area contributed by atoms with Crippen LogP contribution < -0.4 is 28.7 Å². The third-order valence-corrected chi connectivity index (χ3v) is 15.1. The normalized spacial score (nSPS) is 12.3. The van der Waals surface area contributed by atoms with Gasteiger partial charge in [0.1, 0.15) is 23.0 Å². The molecule has 10 nitrogen and oxygen atoms in total. The Morgan fingerprint density at radius 2 is 0.640 bits per heavy atom. The van der Waals surface area contributed by atoms with Crippen molar-refractivity contribution in [1.82, 2.24) is 19.9 Å². The second-order valence-corrected chi connectivity index (χ2v) is 27.8. The Hall–Kier alpha value is -8.60. The predicted molar refractivity (Wildman–Crippen MR) is 361 cm³/mol. The van der Waals surface area contributed by atoms with Gasteiger partial charge >= 0.3 is 0 Å². The molecule has 0 atom stereocenters. The van der Waals surface area contributed by atoms with E-state index in [1.54, 1.807) is 0 Å². The second-order valence-electron chi connectivity index (χ2n) is 27.8. The molecule has 0 aliphatic carbocycles. The minimum Gasteiger partial charge on any atom is -0.493 e. The van der Waals surface area contributed by atoms with E-state index in [0.717, 1.165) is 92.5 Å². The fourth-order valence-electron chi connectivity index (χ4n) is 9.81. The molecule has 446 valence electrons. The van der Waals surface area contributed by atoms with E-state index < -0.39 is 0 Å². The molecule has 0 spiro atoms. The first-order valence-electron chi connectivity index (χ1n) is 30.3. The number of nitrogens with one attached hydrogen (secondary N) is 2. The first kappa shape index (κ1) is 61.9. The average Bonchev–Trinajstić information content (AvgIpc) is 1.71. The number of anilines is 2. The monoisotopic (exact) mass is 1150 g/mol. The highest BCUT2D eigenvalue weighted by Gasteiger charge is 2.26. The van der Waals surface area contributed by atoms with Gasteiger partial charge in [0.15, 0.2) is 0 Å². The third-order valence-electron chi connectivity index (χ3n) is 15.1. The van der Waals surface area contributed by atoms with Crippen molar-refractivity contribution >= 4 is 57.7 Å². The maximum Gasteiger partial charge on any atom is 0.131 e. The maximum absolute atomic E-state index is 6.89. The van der Waals surface area contributed by atoms with Gasteiger partial charge in [-0.15, -0.1) is 0 Å². The molecule has 10 heteroatoms. The highest BCUT2D eigenvalue weighted by atomic mass is 16.5. The first-order valence-corrected chi connectivity index (χ1v) is 30.3. The Kier molecular flexibility index (Phi) is 18.7. The van der Waals surface area contributed by atoms with E-state index in [-0.39, 0.29) is 21.7 Å². The van der Waals surface area contributed by atoms with Crippen LogP contribution in [0.4, 0.5) is 11.4 Å². The van der Waals surface area contributed by atoms with Gasteiger partial charge < -0.3 is 38.7 Å². The van der Waals surface area contributed by atoms with Gasteiger partial charge in [-0.3, -0.25) is 0 Å². The highest BCUT2D eigenvalue weighted by molar-refractivity contribution is 5.99. The van der Waals surface area contributed by atoms with Crippen LogP contribution in [0, 0.1) is 45.3 Å². The fourth-order valence-corrected chi connectivity index (χ4v) is 9.81. The highest BCUT2D eigenvalue weighted by Crippen LogP contribution is 2.46. The molecule has 0 radical (unpaired) electrons. The third kappa shape index (κ3) is 16.0. The van der Waals surface area contributed by atoms with Gasteiger partial charge in [0, 0.05) is 72.9 Å². The number of benzene rings is 4. The number of ether oxygens (including phenoxy) is 4. The molecular weight excluding hydrogens is 1060 g/mol. The van der Waals surface area contributed by atoms with Crippen LogP contribution in [-0.4, -0.2) is 74.6 Å². The van der Waals surface area contributed by atoms with Gasteiger partial charge in [-0.2, -0.15) is 0 Å². The molecule has 2 aliphatic rings. The number of fused-ring (bicyclic) bond motifs is 8. The molecule has 0 unspecified atom stereocenters. The maximum atomic E-state index is 6.89. The molecule has 0 amide bonds. The van der Waals surface area contributed by atoms with Crippen LogP contribution in [0.3, 0.4) is 0 Å². The molecule has 4 aromatic carbocycles. The summed E-state index contributed by atoms with van der Waals surface area (Å²) in [6, 6.07) is 37.3. The smallest absolute Gasteiger partial charge is 0.131 e. The van der Waals surface area contributed by atoms with Gasteiger partial charge in [0.2, 0.25) is 0 Å². The van der Waals surface area contributed by atoms with E-state index in [0.29, 0.717) is 83.3 Å². The Labute approximate surface area is 512 Å². The van der Waals surface area contributed by atoms with Crippen molar-refractivity contribution in [3.05, 3.63) is 154 Å². The molecule has 3 aromatic heterocycles. The number of hydrogen-bond acceptors (Lipinski definition) is 8. The van der Waals surface area contributed by atoms with Crippen molar-refractivity contribution in [2.45, 2.75) is 109 Å². The molecule has 9 rings (SSSR count). The van der Waals surface area contributed by atoms with Crippen LogP contribution in [0.5, 0.6) is 23.0 Å². The van der Waals surface area contributed by atoms with Crippen molar-refractivity contribution in [1.29, 1.82) is 0 Å². The standard InChI is InChI=1S/C76H88N6O4/c1-73(2,3)43-47-83-65-19-17-20-66(84-48-44-74(4,5)6)71(65)69-61-39-35-57(77-61)55(33-27-51-23-29-53(30-24-51)81(13)14)59-37-41-63(79-59)70(72-67(85-49-45-75(7,8)9)21-18-22-68(72)86-50-46-76(10,11)12)64-42-38-60(80-64)56(58-36-40-62(69)78-58)34-28-52-25-31-54(32-26-52)82(15)16/h17-26,29-32,35-42,77,80H,43-50H2,1-16H3. The van der Waals surface area contributed by atoms with Gasteiger partial charge in [0.05, 0.1) is 82.5 Å². The summed E-state index contributed by atoms with van der Waals surface area (Å²) in [6.45, 7) is 28.9. The summed E-state index contributed by atoms with van der Waals surface area (Å²) in [5.41, 5.74) is 14.7. The van der Waals surface area contributed by atoms with Crippen molar-refractivity contribution < 1.29 is 18.9 Å². The number of hydrogen-bond donors (Lipinski definition) is 2. The number of H-pyrrole nitrogens is 2. The molecule has 5 heterocycles. The lowest BCUT2D eigenvalue weighted by atomic mass is 9.93. The first-order chi connectivity index (χ1) is 40.8. The summed E-state index contributed by atoms with van der Waals surface area (Å²) in [6.07, 6.45) is 11.7. The number of aromatic amines is 2. The van der Waals surface area contributed by atoms with E-state index >= 15 is 0 Å². The topological polar surface area (TPSA) is 101 Å². The zero-order valence-electron chi connectivity index (χ0n) is 53.8. The van der Waals surface area contributed by atoms with Crippen LogP contribution >= 0.6 is 0 Å². The zero-order chi connectivity index (χ0) is 61.6. The van der Waals surface area contributed by atoms with E-state index in [9.17, 15) is 0 Å². The van der Waals surface area contributed by atoms with Gasteiger partial charge in [-0.25, -0.2) is 9.97 Å². The van der Waals surface area contributed by atoms with Crippen molar-refractivity contribution in [2.75, 3.05) is 64.4 Å². The summed E-state index contributed by atoms with van der Waals surface area (Å²) < 4.78 is 27.6. The molecule has 7 aromatic rings. The van der Waals surface area contributed by atoms with Crippen molar-refractivity contribution in [3.8, 4) is 68.9 Å². The van der Waals surface area contributed by atoms with E-state index in [1.807, 2.05) is 64.6 Å². The fraction of sp³-hybridized carbons (Fsp3) is 0.368. The molecule has 0 saturated carbocycles. The van der Waals surface area contributed by atoms with Crippen LogP contribution in [0.2, 0.25) is 0 Å². The summed E-state index contributed by atoms with van der Waals surface area (Å²) in [5, 5.41) is 0. The van der Waals surface area contributed by atoms with Crippen LogP contribution in [0.25, 0.3) is 68.6 Å². The largest absolute Gasteiger partial charge is 0.493 e. The van der Waals surface area contributed by atoms with Gasteiger partial charge in [-0.1, -0.05) is 119 Å². The summed E-state index contributed by atoms with van der Waals surface area (Å²) in [5.74, 6) is 17.2. The van der Waals surface area contributed by atoms with Gasteiger partial charge in [-0.05, 0) is 169 Å². The Bertz CT molecular complexity index is 3600. The van der Waals surface area contributed by atoms with Gasteiger partial charge in [0.25, 0.3) is 0 Å². The predicted octanol–water partition coefficient (Wildman–Crippen LogP) is 18.2. The Morgan fingerprint density at radius 3 is 0.930 bits per heavy atom. The number of rotatable bonds is 16. The molecule has 2 N–H and O–H groups in total. The summed E-state index contributed by atoms with van der Waals surface area (Å²) in [4.78, 5) is 23.2. The van der Waals surface area contributed by atoms with Crippen LogP contribution in [-0.2, 0) is 0 Å². The van der Waals surface area contributed by atoms with E-state index in [1.165, 1.54) is 0 Å². The average molecular weight is 1150 g/mol. The summed E-state index contributed by atoms with van der Waals surface area (Å²) in [7, 11) is 8.17. The van der Waals surface area contributed by atoms with E-state index in [4.69, 9.17) is 28.9 Å². The SMILES string of the molecule is CN(C)c1ccc(C#Cc2c3nc(c(-c4c(OCCC(C)(C)C)cccc4OCCC(C)(C)C)c4ccc([nH]4)c(C#Cc4ccc(N(C)C)cc4)c4nc(c(-c5c(OCCC(C)(C)C)cccc5OCCC(C)(C)C)c5ccc2[nH]5)C=C4)C=C3)cc1. The quantitative estimate of drug-likeness (QED) is 0.0923. The lowest BCUT2D eigenvalue weighted by Crippen LogP contribution is -2.13. The lowest BCUT2D eigenvalue weighted by Gasteiger charge is -2.22. The molecule has 8 bridgehead atoms. The Morgan fingerprint density at radius 1 is 0.349 bits per heavy atom. The molecule has 2 aliphatic heterocycles. The molecule has 0 fully saturated rings. The van der Waals surface area contributed by atoms with Crippen LogP contribution in [0.15, 0.2) is 109 Å². The number of nitrogens with zero attached hydrogens (tertiary/aromatic N) is 4. The Balaban J connectivity index is 1.42. The second kappa shape index (κ2) is 25.9. The summed E-state index contributed by atoms with van der Waals surface area (Å²) >= 11 is 0.